The molecule has 0 spiro atoms. The lowest BCUT2D eigenvalue weighted by atomic mass is 10.0. The van der Waals surface area contributed by atoms with Gasteiger partial charge in [-0.2, -0.15) is 5.26 Å². The van der Waals surface area contributed by atoms with Crippen LogP contribution >= 0.6 is 0 Å². The molecule has 2 heterocycles. The highest BCUT2D eigenvalue weighted by Crippen LogP contribution is 2.35. The molecule has 7 nitrogen and oxygen atoms in total. The van der Waals surface area contributed by atoms with E-state index in [1.165, 1.54) is 0 Å². The number of para-hydroxylation sites is 1. The van der Waals surface area contributed by atoms with E-state index in [1.54, 1.807) is 4.90 Å². The molecule has 1 amide bonds. The minimum absolute atomic E-state index is 0.0217. The van der Waals surface area contributed by atoms with E-state index in [0.717, 1.165) is 5.56 Å². The van der Waals surface area contributed by atoms with E-state index in [1.807, 2.05) is 48.5 Å². The summed E-state index contributed by atoms with van der Waals surface area (Å²) >= 11 is 0. The van der Waals surface area contributed by atoms with Gasteiger partial charge in [-0.1, -0.05) is 24.3 Å². The van der Waals surface area contributed by atoms with Crippen LogP contribution in [-0.4, -0.2) is 55.3 Å². The number of rotatable bonds is 5. The summed E-state index contributed by atoms with van der Waals surface area (Å²) in [6.07, 6.45) is 0. The molecule has 0 bridgehead atoms. The van der Waals surface area contributed by atoms with Crippen molar-refractivity contribution in [3.8, 4) is 23.3 Å². The van der Waals surface area contributed by atoms with Gasteiger partial charge < -0.3 is 19.1 Å². The second kappa shape index (κ2) is 8.19. The smallest absolute Gasteiger partial charge is 0.260 e. The summed E-state index contributed by atoms with van der Waals surface area (Å²) < 4.78 is 16.3. The van der Waals surface area contributed by atoms with Crippen LogP contribution in [0.25, 0.3) is 0 Å². The van der Waals surface area contributed by atoms with Crippen LogP contribution in [0.1, 0.15) is 11.6 Å². The van der Waals surface area contributed by atoms with Crippen molar-refractivity contribution >= 4 is 5.91 Å². The Hall–Kier alpha value is -3.24. The Labute approximate surface area is 163 Å². The maximum absolute atomic E-state index is 12.4. The number of carbonyl (C=O) groups is 1. The maximum atomic E-state index is 12.4. The van der Waals surface area contributed by atoms with Gasteiger partial charge in [-0.05, 0) is 29.8 Å². The molecule has 7 heteroatoms. The fourth-order valence-electron chi connectivity index (χ4n) is 3.43. The summed E-state index contributed by atoms with van der Waals surface area (Å²) in [6, 6.07) is 16.9. The molecule has 1 saturated heterocycles. The molecule has 0 N–H and O–H groups in total. The van der Waals surface area contributed by atoms with E-state index < -0.39 is 0 Å². The Balaban J connectivity index is 1.32. The van der Waals surface area contributed by atoms with Crippen LogP contribution in [0.3, 0.4) is 0 Å². The van der Waals surface area contributed by atoms with Gasteiger partial charge in [-0.3, -0.25) is 9.69 Å². The third-order valence-corrected chi connectivity index (χ3v) is 4.97. The number of ether oxygens (including phenoxy) is 3. The summed E-state index contributed by atoms with van der Waals surface area (Å²) in [5.74, 6) is 2.01. The molecule has 144 valence electrons. The minimum Gasteiger partial charge on any atom is -0.484 e. The van der Waals surface area contributed by atoms with Gasteiger partial charge in [0.05, 0.1) is 6.07 Å². The Morgan fingerprint density at radius 2 is 1.82 bits per heavy atom. The first-order valence-electron chi connectivity index (χ1n) is 9.23. The number of fused-ring (bicyclic) bond motifs is 1. The fraction of sp³-hybridized carbons (Fsp3) is 0.333. The molecular formula is C21H21N3O4. The molecule has 4 rings (SSSR count). The second-order valence-corrected chi connectivity index (χ2v) is 6.66. The monoisotopic (exact) mass is 379 g/mol. The quantitative estimate of drug-likeness (QED) is 0.793. The predicted octanol–water partition coefficient (Wildman–Crippen LogP) is 2.20. The maximum Gasteiger partial charge on any atom is 0.260 e. The number of nitriles is 1. The molecule has 1 fully saturated rings. The zero-order valence-corrected chi connectivity index (χ0v) is 15.4. The minimum atomic E-state index is -0.382. The summed E-state index contributed by atoms with van der Waals surface area (Å²) in [4.78, 5) is 16.3. The average Bonchev–Trinajstić information content (AvgIpc) is 3.22. The van der Waals surface area contributed by atoms with Crippen molar-refractivity contribution in [1.29, 1.82) is 5.26 Å². The van der Waals surface area contributed by atoms with Crippen molar-refractivity contribution in [2.24, 2.45) is 0 Å². The van der Waals surface area contributed by atoms with Crippen LogP contribution in [0.2, 0.25) is 0 Å². The first kappa shape index (κ1) is 18.1. The zero-order valence-electron chi connectivity index (χ0n) is 15.4. The third kappa shape index (κ3) is 3.87. The van der Waals surface area contributed by atoms with Crippen LogP contribution in [0, 0.1) is 11.3 Å². The van der Waals surface area contributed by atoms with Crippen molar-refractivity contribution in [3.05, 3.63) is 54.1 Å². The van der Waals surface area contributed by atoms with Crippen LogP contribution in [-0.2, 0) is 4.79 Å². The number of amides is 1. The largest absolute Gasteiger partial charge is 0.484 e. The Kier molecular flexibility index (Phi) is 5.31. The lowest BCUT2D eigenvalue weighted by molar-refractivity contribution is -0.135. The first-order chi connectivity index (χ1) is 13.7. The molecule has 0 aliphatic carbocycles. The summed E-state index contributed by atoms with van der Waals surface area (Å²) in [6.45, 7) is 2.63. The third-order valence-electron chi connectivity index (χ3n) is 4.97. The van der Waals surface area contributed by atoms with Gasteiger partial charge in [0, 0.05) is 26.2 Å². The summed E-state index contributed by atoms with van der Waals surface area (Å²) in [5, 5.41) is 9.70. The number of nitrogens with zero attached hydrogens (tertiary/aromatic N) is 3. The van der Waals surface area contributed by atoms with Crippen molar-refractivity contribution in [1.82, 2.24) is 9.80 Å². The highest BCUT2D eigenvalue weighted by atomic mass is 16.7. The molecule has 0 saturated carbocycles. The van der Waals surface area contributed by atoms with Gasteiger partial charge in [-0.15, -0.1) is 0 Å². The lowest BCUT2D eigenvalue weighted by Gasteiger charge is -2.37. The lowest BCUT2D eigenvalue weighted by Crippen LogP contribution is -2.50. The number of carbonyl (C=O) groups excluding carboxylic acids is 1. The molecule has 1 unspecified atom stereocenters. The highest BCUT2D eigenvalue weighted by Gasteiger charge is 2.28. The molecule has 0 radical (unpaired) electrons. The Morgan fingerprint density at radius 3 is 2.57 bits per heavy atom. The van der Waals surface area contributed by atoms with Crippen LogP contribution in [0.15, 0.2) is 48.5 Å². The number of piperazine rings is 1. The van der Waals surface area contributed by atoms with Crippen molar-refractivity contribution in [2.45, 2.75) is 6.04 Å². The van der Waals surface area contributed by atoms with Crippen molar-refractivity contribution in [3.63, 3.8) is 0 Å². The van der Waals surface area contributed by atoms with E-state index in [2.05, 4.69) is 11.0 Å². The van der Waals surface area contributed by atoms with Gasteiger partial charge in [0.15, 0.2) is 18.1 Å². The van der Waals surface area contributed by atoms with E-state index in [0.29, 0.717) is 43.4 Å². The Bertz CT molecular complexity index is 873. The molecule has 2 aliphatic rings. The van der Waals surface area contributed by atoms with Gasteiger partial charge >= 0.3 is 0 Å². The van der Waals surface area contributed by atoms with Crippen LogP contribution < -0.4 is 14.2 Å². The molecule has 2 aromatic rings. The van der Waals surface area contributed by atoms with Gasteiger partial charge in [0.1, 0.15) is 11.8 Å². The van der Waals surface area contributed by atoms with E-state index >= 15 is 0 Å². The average molecular weight is 379 g/mol. The van der Waals surface area contributed by atoms with Crippen LogP contribution in [0.4, 0.5) is 0 Å². The number of hydrogen-bond donors (Lipinski definition) is 0. The molecular weight excluding hydrogens is 358 g/mol. The number of hydrogen-bond acceptors (Lipinski definition) is 6. The van der Waals surface area contributed by atoms with Gasteiger partial charge in [0.25, 0.3) is 5.91 Å². The normalized spacial score (nSPS) is 17.0. The van der Waals surface area contributed by atoms with Crippen molar-refractivity contribution < 1.29 is 19.0 Å². The first-order valence-corrected chi connectivity index (χ1v) is 9.23. The zero-order chi connectivity index (χ0) is 19.3. The molecule has 28 heavy (non-hydrogen) atoms. The van der Waals surface area contributed by atoms with E-state index in [-0.39, 0.29) is 25.3 Å². The molecule has 0 aromatic heterocycles. The summed E-state index contributed by atoms with van der Waals surface area (Å²) in [7, 11) is 0. The van der Waals surface area contributed by atoms with Gasteiger partial charge in [0.2, 0.25) is 6.79 Å². The standard InChI is InChI=1S/C21H21N3O4/c22-13-18(16-6-7-19-20(12-16)28-15-27-19)23-8-10-24(11-9-23)21(25)14-26-17-4-2-1-3-5-17/h1-7,12,18H,8-11,14-15H2. The summed E-state index contributed by atoms with van der Waals surface area (Å²) in [5.41, 5.74) is 0.874. The number of benzene rings is 2. The SMILES string of the molecule is N#CC(c1ccc2c(c1)OCO2)N1CCN(C(=O)COc2ccccc2)CC1. The molecule has 2 aliphatic heterocycles. The fourth-order valence-corrected chi connectivity index (χ4v) is 3.43. The molecule has 1 atom stereocenters. The van der Waals surface area contributed by atoms with Crippen molar-refractivity contribution in [2.75, 3.05) is 39.6 Å². The van der Waals surface area contributed by atoms with E-state index in [9.17, 15) is 10.1 Å². The molecule has 2 aromatic carbocycles. The highest BCUT2D eigenvalue weighted by molar-refractivity contribution is 5.77. The topological polar surface area (TPSA) is 75.0 Å². The predicted molar refractivity (Wildman–Crippen MR) is 101 cm³/mol. The second-order valence-electron chi connectivity index (χ2n) is 6.66. The van der Waals surface area contributed by atoms with Gasteiger partial charge in [-0.25, -0.2) is 0 Å². The van der Waals surface area contributed by atoms with Crippen LogP contribution in [0.5, 0.6) is 17.2 Å². The Morgan fingerprint density at radius 1 is 1.07 bits per heavy atom. The van der Waals surface area contributed by atoms with E-state index in [4.69, 9.17) is 14.2 Å².